The van der Waals surface area contributed by atoms with Crippen LogP contribution in [0.1, 0.15) is 29.0 Å². The van der Waals surface area contributed by atoms with E-state index in [9.17, 15) is 18.0 Å². The molecule has 1 fully saturated rings. The molecule has 1 unspecified atom stereocenters. The van der Waals surface area contributed by atoms with Crippen molar-refractivity contribution in [3.63, 3.8) is 0 Å². The van der Waals surface area contributed by atoms with Gasteiger partial charge in [-0.05, 0) is 42.4 Å². The summed E-state index contributed by atoms with van der Waals surface area (Å²) in [6.45, 7) is 2.43. The van der Waals surface area contributed by atoms with Crippen LogP contribution in [-0.4, -0.2) is 34.4 Å². The van der Waals surface area contributed by atoms with E-state index < -0.39 is 29.1 Å². The van der Waals surface area contributed by atoms with Crippen molar-refractivity contribution in [1.29, 1.82) is 0 Å². The molecule has 0 bridgehead atoms. The van der Waals surface area contributed by atoms with Crippen LogP contribution < -0.4 is 5.32 Å². The molecule has 0 aromatic heterocycles. The third kappa shape index (κ3) is 5.26. The van der Waals surface area contributed by atoms with E-state index in [0.29, 0.717) is 23.0 Å². The first-order chi connectivity index (χ1) is 14.3. The number of esters is 1. The molecule has 0 spiro atoms. The number of alkyl halides is 3. The second-order valence-corrected chi connectivity index (χ2v) is 8.12. The number of carbonyl (C=O) groups is 1. The molecule has 2 atom stereocenters. The first-order valence-electron chi connectivity index (χ1n) is 9.36. The van der Waals surface area contributed by atoms with Gasteiger partial charge in [0, 0.05) is 12.3 Å². The first-order valence-corrected chi connectivity index (χ1v) is 10.8. The predicted molar refractivity (Wildman–Crippen MR) is 115 cm³/mol. The fourth-order valence-corrected chi connectivity index (χ4v) is 4.93. The molecule has 1 aliphatic heterocycles. The Morgan fingerprint density at radius 1 is 1.20 bits per heavy atom. The monoisotopic (exact) mass is 454 g/mol. The average molecular weight is 455 g/mol. The number of thioether (sulfide) groups is 1. The van der Waals surface area contributed by atoms with Crippen LogP contribution in [0.2, 0.25) is 0 Å². The average Bonchev–Trinajstić information content (AvgIpc) is 3.18. The lowest BCUT2D eigenvalue weighted by molar-refractivity contribution is -0.147. The van der Waals surface area contributed by atoms with Crippen LogP contribution in [0.3, 0.4) is 0 Å². The summed E-state index contributed by atoms with van der Waals surface area (Å²) in [5.41, 5.74) is 0.946. The third-order valence-electron chi connectivity index (χ3n) is 4.60. The molecule has 2 aromatic rings. The van der Waals surface area contributed by atoms with Gasteiger partial charge in [0.15, 0.2) is 5.11 Å². The SMILES string of the molecule is CCOC(=O)[C@H]1CSC(c2ccc(C(F)(F)F)cc2)N1C(=S)NCc1ccccc1. The van der Waals surface area contributed by atoms with Gasteiger partial charge in [-0.1, -0.05) is 42.5 Å². The molecule has 30 heavy (non-hydrogen) atoms. The van der Waals surface area contributed by atoms with Crippen LogP contribution in [0.4, 0.5) is 13.2 Å². The number of carbonyl (C=O) groups excluding carboxylic acids is 1. The normalized spacial score (nSPS) is 18.9. The van der Waals surface area contributed by atoms with Crippen molar-refractivity contribution >= 4 is 35.1 Å². The molecule has 160 valence electrons. The van der Waals surface area contributed by atoms with E-state index in [1.807, 2.05) is 30.3 Å². The standard InChI is InChI=1S/C21H21F3N2O2S2/c1-2-28-19(27)17-13-30-18(15-8-10-16(11-9-15)21(22,23)24)26(17)20(29)25-12-14-6-4-3-5-7-14/h3-11,17-18H,2,12-13H2,1H3,(H,25,29)/t17-,18?/m1/s1. The molecule has 0 radical (unpaired) electrons. The number of hydrogen-bond acceptors (Lipinski definition) is 4. The summed E-state index contributed by atoms with van der Waals surface area (Å²) in [5, 5.41) is 3.12. The van der Waals surface area contributed by atoms with E-state index in [1.165, 1.54) is 23.9 Å². The Labute approximate surface area is 182 Å². The topological polar surface area (TPSA) is 41.6 Å². The van der Waals surface area contributed by atoms with E-state index in [4.69, 9.17) is 17.0 Å². The Morgan fingerprint density at radius 3 is 2.47 bits per heavy atom. The van der Waals surface area contributed by atoms with E-state index in [-0.39, 0.29) is 6.61 Å². The maximum absolute atomic E-state index is 12.9. The van der Waals surface area contributed by atoms with E-state index in [2.05, 4.69) is 5.32 Å². The molecule has 0 amide bonds. The number of hydrogen-bond donors (Lipinski definition) is 1. The third-order valence-corrected chi connectivity index (χ3v) is 6.28. The van der Waals surface area contributed by atoms with Crippen molar-refractivity contribution in [1.82, 2.24) is 10.2 Å². The van der Waals surface area contributed by atoms with Gasteiger partial charge in [0.05, 0.1) is 12.2 Å². The summed E-state index contributed by atoms with van der Waals surface area (Å²) in [4.78, 5) is 14.2. The highest BCUT2D eigenvalue weighted by molar-refractivity contribution is 7.99. The second-order valence-electron chi connectivity index (χ2n) is 6.62. The number of nitrogens with zero attached hydrogens (tertiary/aromatic N) is 1. The lowest BCUT2D eigenvalue weighted by Gasteiger charge is -2.31. The number of rotatable bonds is 5. The van der Waals surface area contributed by atoms with Crippen molar-refractivity contribution in [3.05, 3.63) is 71.3 Å². The molecule has 1 aliphatic rings. The van der Waals surface area contributed by atoms with Crippen LogP contribution in [0.25, 0.3) is 0 Å². The maximum Gasteiger partial charge on any atom is 0.416 e. The summed E-state index contributed by atoms with van der Waals surface area (Å²) in [6.07, 6.45) is -4.40. The second kappa shape index (κ2) is 9.70. The summed E-state index contributed by atoms with van der Waals surface area (Å²) in [6, 6.07) is 14.0. The minimum atomic E-state index is -4.40. The Hall–Kier alpha value is -2.26. The highest BCUT2D eigenvalue weighted by Gasteiger charge is 2.42. The van der Waals surface area contributed by atoms with Gasteiger partial charge in [-0.3, -0.25) is 0 Å². The largest absolute Gasteiger partial charge is 0.464 e. The quantitative estimate of drug-likeness (QED) is 0.519. The molecule has 0 saturated carbocycles. The van der Waals surface area contributed by atoms with Crippen molar-refractivity contribution in [2.75, 3.05) is 12.4 Å². The van der Waals surface area contributed by atoms with Crippen LogP contribution in [0.5, 0.6) is 0 Å². The molecule has 4 nitrogen and oxygen atoms in total. The molecule has 1 saturated heterocycles. The number of ether oxygens (including phenoxy) is 1. The summed E-state index contributed by atoms with van der Waals surface area (Å²) in [7, 11) is 0. The van der Waals surface area contributed by atoms with E-state index in [0.717, 1.165) is 17.7 Å². The molecular weight excluding hydrogens is 433 g/mol. The Balaban J connectivity index is 1.82. The van der Waals surface area contributed by atoms with E-state index >= 15 is 0 Å². The molecule has 3 rings (SSSR count). The van der Waals surface area contributed by atoms with Gasteiger partial charge < -0.3 is 15.0 Å². The fourth-order valence-electron chi connectivity index (χ4n) is 3.13. The van der Waals surface area contributed by atoms with Crippen molar-refractivity contribution in [3.8, 4) is 0 Å². The van der Waals surface area contributed by atoms with Gasteiger partial charge in [-0.15, -0.1) is 11.8 Å². The smallest absolute Gasteiger partial charge is 0.416 e. The number of halogens is 3. The Bertz CT molecular complexity index is 876. The zero-order valence-electron chi connectivity index (χ0n) is 16.2. The van der Waals surface area contributed by atoms with Gasteiger partial charge in [0.2, 0.25) is 0 Å². The summed E-state index contributed by atoms with van der Waals surface area (Å²) >= 11 is 7.01. The van der Waals surface area contributed by atoms with Crippen LogP contribution in [0.15, 0.2) is 54.6 Å². The number of nitrogens with one attached hydrogen (secondary N) is 1. The minimum Gasteiger partial charge on any atom is -0.464 e. The van der Waals surface area contributed by atoms with Crippen molar-refractivity contribution < 1.29 is 22.7 Å². The highest BCUT2D eigenvalue weighted by Crippen LogP contribution is 2.42. The van der Waals surface area contributed by atoms with Crippen LogP contribution in [-0.2, 0) is 22.3 Å². The number of benzene rings is 2. The molecule has 2 aromatic carbocycles. The lowest BCUT2D eigenvalue weighted by atomic mass is 10.1. The number of thiocarbonyl (C=S) groups is 1. The maximum atomic E-state index is 12.9. The lowest BCUT2D eigenvalue weighted by Crippen LogP contribution is -2.48. The van der Waals surface area contributed by atoms with E-state index in [1.54, 1.807) is 11.8 Å². The van der Waals surface area contributed by atoms with Gasteiger partial charge >= 0.3 is 12.1 Å². The van der Waals surface area contributed by atoms with Gasteiger partial charge in [-0.25, -0.2) is 4.79 Å². The molecule has 9 heteroatoms. The molecular formula is C21H21F3N2O2S2. The molecule has 0 aliphatic carbocycles. The van der Waals surface area contributed by atoms with Crippen molar-refractivity contribution in [2.24, 2.45) is 0 Å². The Morgan fingerprint density at radius 2 is 1.87 bits per heavy atom. The zero-order chi connectivity index (χ0) is 21.7. The minimum absolute atomic E-state index is 0.239. The van der Waals surface area contributed by atoms with Crippen LogP contribution >= 0.6 is 24.0 Å². The van der Waals surface area contributed by atoms with Gasteiger partial charge in [0.25, 0.3) is 0 Å². The summed E-state index contributed by atoms with van der Waals surface area (Å²) in [5.74, 6) is 0.0285. The highest BCUT2D eigenvalue weighted by atomic mass is 32.2. The summed E-state index contributed by atoms with van der Waals surface area (Å²) < 4.78 is 43.9. The Kier molecular flexibility index (Phi) is 7.25. The van der Waals surface area contributed by atoms with Crippen molar-refractivity contribution in [2.45, 2.75) is 31.1 Å². The molecule has 1 N–H and O–H groups in total. The fraction of sp³-hybridized carbons (Fsp3) is 0.333. The zero-order valence-corrected chi connectivity index (χ0v) is 17.8. The van der Waals surface area contributed by atoms with Gasteiger partial charge in [0.1, 0.15) is 11.4 Å². The molecule has 1 heterocycles. The predicted octanol–water partition coefficient (Wildman–Crippen LogP) is 4.76. The van der Waals surface area contributed by atoms with Crippen LogP contribution in [0, 0.1) is 0 Å². The van der Waals surface area contributed by atoms with Gasteiger partial charge in [-0.2, -0.15) is 13.2 Å². The first kappa shape index (κ1) is 22.4.